The summed E-state index contributed by atoms with van der Waals surface area (Å²) in [6.45, 7) is 3.26. The van der Waals surface area contributed by atoms with Gasteiger partial charge in [0.1, 0.15) is 18.2 Å². The monoisotopic (exact) mass is 620 g/mol. The quantitative estimate of drug-likeness (QED) is 0.128. The lowest BCUT2D eigenvalue weighted by atomic mass is 10.1. The molecule has 0 aliphatic rings. The molecule has 0 aliphatic heterocycles. The SMILES string of the molecule is CCOC(Cc1ccc(OCCN(CCCCOCc2ccc(F)cc2)C(=O)Nc2cccc(C(F)(F)F)c2)cc1)C(=O)O. The highest BCUT2D eigenvalue weighted by atomic mass is 19.4. The zero-order valence-corrected chi connectivity index (χ0v) is 24.3. The number of carboxylic acid groups (broad SMARTS) is 1. The Morgan fingerprint density at radius 3 is 2.30 bits per heavy atom. The van der Waals surface area contributed by atoms with Gasteiger partial charge in [-0.05, 0) is 73.4 Å². The summed E-state index contributed by atoms with van der Waals surface area (Å²) in [6.07, 6.45) is -4.14. The van der Waals surface area contributed by atoms with E-state index in [1.54, 1.807) is 43.3 Å². The molecule has 3 rings (SSSR count). The largest absolute Gasteiger partial charge is 0.492 e. The molecular formula is C32H36F4N2O6. The van der Waals surface area contributed by atoms with Crippen LogP contribution < -0.4 is 10.1 Å². The number of amides is 2. The number of carboxylic acids is 1. The summed E-state index contributed by atoms with van der Waals surface area (Å²) in [5.74, 6) is -0.871. The van der Waals surface area contributed by atoms with Crippen molar-refractivity contribution in [2.75, 3.05) is 38.2 Å². The van der Waals surface area contributed by atoms with Gasteiger partial charge in [-0.3, -0.25) is 0 Å². The Kier molecular flexibility index (Phi) is 13.4. The second-order valence-corrected chi connectivity index (χ2v) is 9.86. The van der Waals surface area contributed by atoms with Crippen molar-refractivity contribution < 1.29 is 46.5 Å². The van der Waals surface area contributed by atoms with Crippen LogP contribution in [0.2, 0.25) is 0 Å². The van der Waals surface area contributed by atoms with E-state index in [1.165, 1.54) is 29.2 Å². The Bertz CT molecular complexity index is 1320. The first kappa shape index (κ1) is 34.3. The van der Waals surface area contributed by atoms with Gasteiger partial charge in [-0.15, -0.1) is 0 Å². The van der Waals surface area contributed by atoms with Crippen molar-refractivity contribution in [2.45, 2.75) is 45.1 Å². The van der Waals surface area contributed by atoms with E-state index >= 15 is 0 Å². The second kappa shape index (κ2) is 17.2. The number of unbranched alkanes of at least 4 members (excludes halogenated alkanes) is 1. The molecule has 0 saturated carbocycles. The smallest absolute Gasteiger partial charge is 0.416 e. The maximum atomic E-state index is 13.1. The Balaban J connectivity index is 1.54. The summed E-state index contributed by atoms with van der Waals surface area (Å²) in [6, 6.07) is 16.6. The molecule has 0 aromatic heterocycles. The van der Waals surface area contributed by atoms with Gasteiger partial charge in [-0.1, -0.05) is 30.3 Å². The van der Waals surface area contributed by atoms with Gasteiger partial charge in [0.25, 0.3) is 0 Å². The van der Waals surface area contributed by atoms with Crippen LogP contribution in [0, 0.1) is 5.82 Å². The minimum absolute atomic E-state index is 0.0145. The summed E-state index contributed by atoms with van der Waals surface area (Å²) in [7, 11) is 0. The number of aliphatic carboxylic acids is 1. The lowest BCUT2D eigenvalue weighted by Crippen LogP contribution is -2.38. The number of carbonyl (C=O) groups excluding carboxylic acids is 1. The van der Waals surface area contributed by atoms with E-state index in [9.17, 15) is 32.3 Å². The number of hydrogen-bond donors (Lipinski definition) is 2. The first-order chi connectivity index (χ1) is 21.0. The lowest BCUT2D eigenvalue weighted by Gasteiger charge is -2.23. The van der Waals surface area contributed by atoms with Crippen molar-refractivity contribution in [3.05, 3.63) is 95.3 Å². The summed E-state index contributed by atoms with van der Waals surface area (Å²) in [5, 5.41) is 11.8. The molecule has 0 saturated heterocycles. The molecule has 0 radical (unpaired) electrons. The summed E-state index contributed by atoms with van der Waals surface area (Å²) in [4.78, 5) is 25.9. The van der Waals surface area contributed by atoms with Crippen molar-refractivity contribution in [1.82, 2.24) is 4.90 Å². The first-order valence-corrected chi connectivity index (χ1v) is 14.2. The van der Waals surface area contributed by atoms with Crippen molar-refractivity contribution in [1.29, 1.82) is 0 Å². The summed E-state index contributed by atoms with van der Waals surface area (Å²) >= 11 is 0. The van der Waals surface area contributed by atoms with Gasteiger partial charge in [-0.2, -0.15) is 13.2 Å². The fourth-order valence-corrected chi connectivity index (χ4v) is 4.20. The number of ether oxygens (including phenoxy) is 3. The normalized spacial score (nSPS) is 12.0. The Morgan fingerprint density at radius 2 is 1.64 bits per heavy atom. The van der Waals surface area contributed by atoms with E-state index in [0.717, 1.165) is 23.3 Å². The molecule has 0 bridgehead atoms. The van der Waals surface area contributed by atoms with Crippen molar-refractivity contribution in [2.24, 2.45) is 0 Å². The van der Waals surface area contributed by atoms with Crippen LogP contribution in [0.1, 0.15) is 36.5 Å². The Labute approximate surface area is 253 Å². The molecule has 2 amide bonds. The highest BCUT2D eigenvalue weighted by Crippen LogP contribution is 2.30. The molecule has 2 N–H and O–H groups in total. The molecule has 12 heteroatoms. The van der Waals surface area contributed by atoms with E-state index in [1.807, 2.05) is 0 Å². The topological polar surface area (TPSA) is 97.3 Å². The number of nitrogens with zero attached hydrogens (tertiary/aromatic N) is 1. The number of anilines is 1. The van der Waals surface area contributed by atoms with E-state index < -0.39 is 29.8 Å². The zero-order valence-electron chi connectivity index (χ0n) is 24.3. The molecule has 0 aliphatic carbocycles. The summed E-state index contributed by atoms with van der Waals surface area (Å²) in [5.41, 5.74) is 0.722. The summed E-state index contributed by atoms with van der Waals surface area (Å²) < 4.78 is 69.1. The Morgan fingerprint density at radius 1 is 0.932 bits per heavy atom. The van der Waals surface area contributed by atoms with Crippen LogP contribution in [0.3, 0.4) is 0 Å². The number of alkyl halides is 3. The first-order valence-electron chi connectivity index (χ1n) is 14.2. The molecule has 0 heterocycles. The number of benzene rings is 3. The van der Waals surface area contributed by atoms with Crippen molar-refractivity contribution in [3.8, 4) is 5.75 Å². The van der Waals surface area contributed by atoms with Crippen molar-refractivity contribution >= 4 is 17.7 Å². The highest BCUT2D eigenvalue weighted by Gasteiger charge is 2.30. The standard InChI is InChI=1S/C32H36F4N2O6/c1-2-43-29(30(39)40)20-23-10-14-28(15-11-23)44-19-17-38(16-3-4-18-42-22-24-8-12-26(33)13-9-24)31(41)37-27-7-5-6-25(21-27)32(34,35)36/h5-15,21,29H,2-4,16-20,22H2,1H3,(H,37,41)(H,39,40). The van der Waals surface area contributed by atoms with Crippen LogP contribution in [0.5, 0.6) is 5.75 Å². The lowest BCUT2D eigenvalue weighted by molar-refractivity contribution is -0.150. The van der Waals surface area contributed by atoms with E-state index in [0.29, 0.717) is 38.3 Å². The molecule has 44 heavy (non-hydrogen) atoms. The van der Waals surface area contributed by atoms with Crippen LogP contribution in [-0.4, -0.2) is 61.0 Å². The zero-order chi connectivity index (χ0) is 32.0. The number of urea groups is 1. The van der Waals surface area contributed by atoms with Gasteiger partial charge in [0, 0.05) is 31.9 Å². The molecule has 0 spiro atoms. The predicted molar refractivity (Wildman–Crippen MR) is 156 cm³/mol. The molecule has 8 nitrogen and oxygen atoms in total. The minimum Gasteiger partial charge on any atom is -0.492 e. The Hall–Kier alpha value is -4.16. The number of nitrogens with one attached hydrogen (secondary N) is 1. The maximum absolute atomic E-state index is 13.1. The molecule has 0 fully saturated rings. The molecule has 3 aromatic rings. The third-order valence-electron chi connectivity index (χ3n) is 6.49. The van der Waals surface area contributed by atoms with Gasteiger partial charge in [-0.25, -0.2) is 14.0 Å². The maximum Gasteiger partial charge on any atom is 0.416 e. The number of halogens is 4. The second-order valence-electron chi connectivity index (χ2n) is 9.86. The van der Waals surface area contributed by atoms with Crippen LogP contribution in [0.25, 0.3) is 0 Å². The third-order valence-corrected chi connectivity index (χ3v) is 6.49. The van der Waals surface area contributed by atoms with E-state index in [4.69, 9.17) is 14.2 Å². The molecule has 3 aromatic carbocycles. The predicted octanol–water partition coefficient (Wildman–Crippen LogP) is 6.79. The molecular weight excluding hydrogens is 584 g/mol. The minimum atomic E-state index is -4.55. The van der Waals surface area contributed by atoms with Gasteiger partial charge in [0.05, 0.1) is 18.7 Å². The van der Waals surface area contributed by atoms with Crippen LogP contribution in [0.4, 0.5) is 28.0 Å². The van der Waals surface area contributed by atoms with Crippen LogP contribution in [0.15, 0.2) is 72.8 Å². The fraction of sp³-hybridized carbons (Fsp3) is 0.375. The fourth-order valence-electron chi connectivity index (χ4n) is 4.20. The number of hydrogen-bond acceptors (Lipinski definition) is 5. The highest BCUT2D eigenvalue weighted by molar-refractivity contribution is 5.89. The number of carbonyl (C=O) groups is 2. The van der Waals surface area contributed by atoms with E-state index in [-0.39, 0.29) is 37.7 Å². The van der Waals surface area contributed by atoms with Crippen LogP contribution in [-0.2, 0) is 33.5 Å². The van der Waals surface area contributed by atoms with Gasteiger partial charge in [0.2, 0.25) is 0 Å². The van der Waals surface area contributed by atoms with Gasteiger partial charge >= 0.3 is 18.2 Å². The average Bonchev–Trinajstić information content (AvgIpc) is 2.99. The third kappa shape index (κ3) is 11.8. The van der Waals surface area contributed by atoms with Crippen molar-refractivity contribution in [3.63, 3.8) is 0 Å². The molecule has 238 valence electrons. The van der Waals surface area contributed by atoms with Gasteiger partial charge in [0.15, 0.2) is 6.10 Å². The van der Waals surface area contributed by atoms with Crippen LogP contribution >= 0.6 is 0 Å². The van der Waals surface area contributed by atoms with Gasteiger partial charge < -0.3 is 29.5 Å². The number of rotatable bonds is 17. The molecule has 1 unspecified atom stereocenters. The average molecular weight is 621 g/mol. The molecule has 1 atom stereocenters. The van der Waals surface area contributed by atoms with E-state index in [2.05, 4.69) is 5.32 Å².